The molecule has 32 heavy (non-hydrogen) atoms. The van der Waals surface area contributed by atoms with Crippen LogP contribution in [-0.2, 0) is 0 Å². The monoisotopic (exact) mass is 454 g/mol. The highest BCUT2D eigenvalue weighted by Gasteiger charge is 2.35. The molecular formula is C23H20F2N4O2S. The molecule has 0 radical (unpaired) electrons. The van der Waals surface area contributed by atoms with Gasteiger partial charge in [-0.25, -0.2) is 8.78 Å². The zero-order valence-corrected chi connectivity index (χ0v) is 17.8. The number of anilines is 1. The highest BCUT2D eigenvalue weighted by Crippen LogP contribution is 2.36. The fourth-order valence-electron chi connectivity index (χ4n) is 5.17. The second-order valence-corrected chi connectivity index (χ2v) is 9.37. The number of aromatic amines is 1. The van der Waals surface area contributed by atoms with Gasteiger partial charge in [0.25, 0.3) is 11.1 Å². The summed E-state index contributed by atoms with van der Waals surface area (Å²) < 4.78 is 33.2. The largest absolute Gasteiger partial charge is 0.367 e. The van der Waals surface area contributed by atoms with Gasteiger partial charge in [0.05, 0.1) is 22.1 Å². The Morgan fingerprint density at radius 2 is 1.91 bits per heavy atom. The van der Waals surface area contributed by atoms with E-state index in [0.717, 1.165) is 37.5 Å². The molecule has 164 valence electrons. The van der Waals surface area contributed by atoms with Crippen molar-refractivity contribution >= 4 is 32.8 Å². The van der Waals surface area contributed by atoms with E-state index < -0.39 is 16.9 Å². The van der Waals surface area contributed by atoms with E-state index in [0.29, 0.717) is 45.5 Å². The number of nitrogens with one attached hydrogen (secondary N) is 2. The molecule has 5 heterocycles. The van der Waals surface area contributed by atoms with E-state index in [1.807, 2.05) is 4.90 Å². The summed E-state index contributed by atoms with van der Waals surface area (Å²) in [4.78, 5) is 27.5. The molecule has 2 aliphatic heterocycles. The van der Waals surface area contributed by atoms with E-state index in [1.54, 1.807) is 18.2 Å². The van der Waals surface area contributed by atoms with E-state index in [9.17, 15) is 14.0 Å². The number of H-pyrrole nitrogens is 1. The van der Waals surface area contributed by atoms with E-state index in [1.165, 1.54) is 22.7 Å². The van der Waals surface area contributed by atoms with Gasteiger partial charge in [-0.3, -0.25) is 18.4 Å². The van der Waals surface area contributed by atoms with Gasteiger partial charge in [-0.2, -0.15) is 0 Å². The maximum atomic E-state index is 15.3. The van der Waals surface area contributed by atoms with Crippen LogP contribution in [0.25, 0.3) is 26.7 Å². The minimum Gasteiger partial charge on any atom is -0.367 e. The van der Waals surface area contributed by atoms with Crippen LogP contribution in [0.3, 0.4) is 0 Å². The summed E-state index contributed by atoms with van der Waals surface area (Å²) in [6.07, 6.45) is 3.40. The first kappa shape index (κ1) is 19.6. The Bertz CT molecular complexity index is 1460. The Hall–Kier alpha value is -3.04. The summed E-state index contributed by atoms with van der Waals surface area (Å²) in [5, 5.41) is 3.51. The van der Waals surface area contributed by atoms with Crippen LogP contribution in [0.15, 0.2) is 46.1 Å². The molecule has 2 fully saturated rings. The lowest BCUT2D eigenvalue weighted by atomic mass is 9.94. The predicted octanol–water partition coefficient (Wildman–Crippen LogP) is 3.34. The van der Waals surface area contributed by atoms with Gasteiger partial charge in [-0.05, 0) is 49.1 Å². The van der Waals surface area contributed by atoms with Crippen molar-refractivity contribution in [1.29, 1.82) is 0 Å². The molecule has 2 aliphatic rings. The van der Waals surface area contributed by atoms with Gasteiger partial charge in [0.2, 0.25) is 0 Å². The molecule has 0 aliphatic carbocycles. The smallest absolute Gasteiger partial charge is 0.271 e. The molecule has 0 saturated carbocycles. The standard InChI is InChI=1S/C23H20F2N4O2S/c24-14-5-3-12(4-6-14)19-18-8-17(28-9-13-2-1-7-26-16(13)11-28)15(25)10-29(18)23(31)20-21(19)32-27-22(20)30/h3-6,8,10,13,16,26H,1-2,7,9,11H2,(H,27,30)/t13-,16+/m0/s1. The molecule has 2 saturated heterocycles. The summed E-state index contributed by atoms with van der Waals surface area (Å²) >= 11 is 1.07. The number of nitrogens with zero attached hydrogens (tertiary/aromatic N) is 2. The number of pyridine rings is 2. The topological polar surface area (TPSA) is 69.6 Å². The lowest BCUT2D eigenvalue weighted by molar-refractivity contribution is 0.340. The lowest BCUT2D eigenvalue weighted by Gasteiger charge is -2.24. The summed E-state index contributed by atoms with van der Waals surface area (Å²) in [6.45, 7) is 2.43. The third-order valence-electron chi connectivity index (χ3n) is 6.71. The minimum atomic E-state index is -0.564. The maximum absolute atomic E-state index is 15.3. The third-order valence-corrected chi connectivity index (χ3v) is 7.61. The molecule has 0 amide bonds. The van der Waals surface area contributed by atoms with Gasteiger partial charge in [-0.15, -0.1) is 0 Å². The number of aromatic nitrogens is 2. The molecule has 0 bridgehead atoms. The van der Waals surface area contributed by atoms with Crippen LogP contribution < -0.4 is 21.3 Å². The normalized spacial score (nSPS) is 20.9. The first-order valence-electron chi connectivity index (χ1n) is 10.6. The second-order valence-electron chi connectivity index (χ2n) is 8.55. The van der Waals surface area contributed by atoms with Crippen LogP contribution in [0.4, 0.5) is 14.5 Å². The fourth-order valence-corrected chi connectivity index (χ4v) is 6.07. The number of piperidine rings is 1. The summed E-state index contributed by atoms with van der Waals surface area (Å²) in [5.74, 6) is -0.423. The number of halogens is 2. The Morgan fingerprint density at radius 3 is 2.69 bits per heavy atom. The van der Waals surface area contributed by atoms with E-state index in [4.69, 9.17) is 0 Å². The van der Waals surface area contributed by atoms with Crippen molar-refractivity contribution in [3.8, 4) is 11.1 Å². The van der Waals surface area contributed by atoms with Crippen molar-refractivity contribution in [2.75, 3.05) is 24.5 Å². The second kappa shape index (κ2) is 7.25. The molecule has 1 aromatic carbocycles. The Balaban J connectivity index is 1.62. The molecule has 4 aromatic rings. The zero-order valence-electron chi connectivity index (χ0n) is 17.0. The summed E-state index contributed by atoms with van der Waals surface area (Å²) in [5.41, 5.74) is 1.12. The van der Waals surface area contributed by atoms with Crippen LogP contribution in [0.5, 0.6) is 0 Å². The first-order valence-corrected chi connectivity index (χ1v) is 11.5. The van der Waals surface area contributed by atoms with Crippen LogP contribution >= 0.6 is 11.5 Å². The molecule has 6 nitrogen and oxygen atoms in total. The Kier molecular flexibility index (Phi) is 4.44. The van der Waals surface area contributed by atoms with E-state index in [2.05, 4.69) is 9.69 Å². The molecule has 6 rings (SSSR count). The third kappa shape index (κ3) is 2.91. The van der Waals surface area contributed by atoms with Gasteiger partial charge >= 0.3 is 0 Å². The fraction of sp³-hybridized carbons (Fsp3) is 0.304. The SMILES string of the molecule is O=c1[nH]sc2c(-c3ccc(F)cc3)c3cc(N4C[C@@H]5CCCN[C@@H]5C4)c(F)cn3c(=O)c12. The van der Waals surface area contributed by atoms with Crippen molar-refractivity contribution in [3.63, 3.8) is 0 Å². The zero-order chi connectivity index (χ0) is 22.0. The first-order chi connectivity index (χ1) is 15.5. The van der Waals surface area contributed by atoms with Gasteiger partial charge < -0.3 is 10.2 Å². The molecule has 2 N–H and O–H groups in total. The van der Waals surface area contributed by atoms with Gasteiger partial charge in [0.1, 0.15) is 11.2 Å². The molecular weight excluding hydrogens is 434 g/mol. The quantitative estimate of drug-likeness (QED) is 0.488. The summed E-state index contributed by atoms with van der Waals surface area (Å²) in [7, 11) is 0. The van der Waals surface area contributed by atoms with Gasteiger partial charge in [-0.1, -0.05) is 23.7 Å². The van der Waals surface area contributed by atoms with Gasteiger partial charge in [0, 0.05) is 24.7 Å². The van der Waals surface area contributed by atoms with E-state index >= 15 is 4.39 Å². The number of hydrogen-bond acceptors (Lipinski definition) is 5. The van der Waals surface area contributed by atoms with Crippen molar-refractivity contribution < 1.29 is 8.78 Å². The summed E-state index contributed by atoms with van der Waals surface area (Å²) in [6, 6.07) is 7.90. The average molecular weight is 455 g/mol. The average Bonchev–Trinajstić information content (AvgIpc) is 3.39. The van der Waals surface area contributed by atoms with Crippen LogP contribution in [0, 0.1) is 17.6 Å². The molecule has 0 unspecified atom stereocenters. The van der Waals surface area contributed by atoms with Crippen LogP contribution in [0.2, 0.25) is 0 Å². The molecule has 9 heteroatoms. The number of hydrogen-bond donors (Lipinski definition) is 2. The number of fused-ring (bicyclic) bond motifs is 3. The van der Waals surface area contributed by atoms with Crippen molar-refractivity contribution in [1.82, 2.24) is 14.1 Å². The Morgan fingerprint density at radius 1 is 1.09 bits per heavy atom. The predicted molar refractivity (Wildman–Crippen MR) is 122 cm³/mol. The lowest BCUT2D eigenvalue weighted by Crippen LogP contribution is -2.40. The van der Waals surface area contributed by atoms with Crippen LogP contribution in [0.1, 0.15) is 12.8 Å². The molecule has 3 aromatic heterocycles. The van der Waals surface area contributed by atoms with Crippen molar-refractivity contribution in [2.24, 2.45) is 5.92 Å². The van der Waals surface area contributed by atoms with Crippen molar-refractivity contribution in [2.45, 2.75) is 18.9 Å². The van der Waals surface area contributed by atoms with Crippen molar-refractivity contribution in [3.05, 3.63) is 68.9 Å². The number of rotatable bonds is 2. The highest BCUT2D eigenvalue weighted by atomic mass is 32.1. The minimum absolute atomic E-state index is 0.0182. The van der Waals surface area contributed by atoms with Crippen LogP contribution in [-0.4, -0.2) is 34.5 Å². The van der Waals surface area contributed by atoms with Gasteiger partial charge in [0.15, 0.2) is 5.82 Å². The molecule has 2 atom stereocenters. The molecule has 0 spiro atoms. The number of benzene rings is 1. The van der Waals surface area contributed by atoms with E-state index in [-0.39, 0.29) is 11.2 Å². The highest BCUT2D eigenvalue weighted by molar-refractivity contribution is 7.14. The Labute approximate surface area is 185 Å². The maximum Gasteiger partial charge on any atom is 0.271 e.